The van der Waals surface area contributed by atoms with Gasteiger partial charge in [0, 0.05) is 16.7 Å². The summed E-state index contributed by atoms with van der Waals surface area (Å²) in [5.41, 5.74) is 0.889. The summed E-state index contributed by atoms with van der Waals surface area (Å²) < 4.78 is 0. The molecule has 0 rings (SSSR count). The van der Waals surface area contributed by atoms with Crippen molar-refractivity contribution in [2.45, 2.75) is 58.8 Å². The van der Waals surface area contributed by atoms with Gasteiger partial charge in [-0.2, -0.15) is 0 Å². The van der Waals surface area contributed by atoms with Gasteiger partial charge >= 0.3 is 17.9 Å². The Kier molecular flexibility index (Phi) is 21.0. The molecule has 3 N–H and O–H groups in total. The highest BCUT2D eigenvalue weighted by Gasteiger charge is 2.03. The monoisotopic (exact) mass is 399 g/mol. The molecule has 0 heterocycles. The van der Waals surface area contributed by atoms with Crippen molar-refractivity contribution < 1.29 is 29.7 Å². The van der Waals surface area contributed by atoms with Crippen molar-refractivity contribution in [3.05, 3.63) is 36.5 Å². The highest BCUT2D eigenvalue weighted by Crippen LogP contribution is 2.06. The SMILES string of the molecule is C=C(CC)C(=O)O.C=C(CCCCC)C(=O)O.C=C(CCCN(C)C)C(=O)O. The van der Waals surface area contributed by atoms with Crippen LogP contribution in [0.4, 0.5) is 0 Å². The van der Waals surface area contributed by atoms with E-state index < -0.39 is 17.9 Å². The number of carboxylic acids is 3. The fourth-order valence-corrected chi connectivity index (χ4v) is 1.56. The number of hydrogen-bond acceptors (Lipinski definition) is 4. The second-order valence-electron chi connectivity index (χ2n) is 6.44. The highest BCUT2D eigenvalue weighted by atomic mass is 16.4. The number of carbonyl (C=O) groups is 3. The van der Waals surface area contributed by atoms with Gasteiger partial charge in [-0.15, -0.1) is 0 Å². The van der Waals surface area contributed by atoms with E-state index >= 15 is 0 Å². The van der Waals surface area contributed by atoms with E-state index in [1.807, 2.05) is 19.0 Å². The first-order valence-corrected chi connectivity index (χ1v) is 9.28. The molecule has 0 saturated heterocycles. The molecule has 0 saturated carbocycles. The second-order valence-corrected chi connectivity index (χ2v) is 6.44. The summed E-state index contributed by atoms with van der Waals surface area (Å²) in [7, 11) is 3.92. The zero-order valence-electron chi connectivity index (χ0n) is 17.8. The maximum absolute atomic E-state index is 10.3. The van der Waals surface area contributed by atoms with Gasteiger partial charge in [0.15, 0.2) is 0 Å². The van der Waals surface area contributed by atoms with Crippen molar-refractivity contribution in [3.63, 3.8) is 0 Å². The molecule has 0 atom stereocenters. The van der Waals surface area contributed by atoms with Crippen LogP contribution in [0.1, 0.15) is 58.8 Å². The fourth-order valence-electron chi connectivity index (χ4n) is 1.56. The van der Waals surface area contributed by atoms with E-state index in [0.717, 1.165) is 32.2 Å². The summed E-state index contributed by atoms with van der Waals surface area (Å²) in [5.74, 6) is -2.65. The molecule has 0 bridgehead atoms. The van der Waals surface area contributed by atoms with Crippen LogP contribution >= 0.6 is 0 Å². The van der Waals surface area contributed by atoms with E-state index in [-0.39, 0.29) is 5.57 Å². The molecule has 0 fully saturated rings. The number of nitrogens with zero attached hydrogens (tertiary/aromatic N) is 1. The number of carboxylic acid groups (broad SMARTS) is 3. The largest absolute Gasteiger partial charge is 0.478 e. The number of hydrogen-bond donors (Lipinski definition) is 3. The molecule has 0 amide bonds. The molecular formula is C21H37NO6. The minimum Gasteiger partial charge on any atom is -0.478 e. The van der Waals surface area contributed by atoms with Gasteiger partial charge in [-0.05, 0) is 52.7 Å². The Balaban J connectivity index is -0.000000343. The van der Waals surface area contributed by atoms with E-state index in [0.29, 0.717) is 30.4 Å². The molecule has 0 radical (unpaired) electrons. The van der Waals surface area contributed by atoms with Gasteiger partial charge in [-0.3, -0.25) is 0 Å². The zero-order valence-corrected chi connectivity index (χ0v) is 17.8. The Bertz CT molecular complexity index is 523. The van der Waals surface area contributed by atoms with Crippen molar-refractivity contribution >= 4 is 17.9 Å². The third-order valence-corrected chi connectivity index (χ3v) is 3.50. The van der Waals surface area contributed by atoms with Crippen molar-refractivity contribution in [1.82, 2.24) is 4.90 Å². The van der Waals surface area contributed by atoms with E-state index in [1.165, 1.54) is 0 Å². The minimum atomic E-state index is -0.900. The maximum Gasteiger partial charge on any atom is 0.330 e. The normalized spacial score (nSPS) is 9.32. The van der Waals surface area contributed by atoms with Crippen LogP contribution in [0, 0.1) is 0 Å². The van der Waals surface area contributed by atoms with Crippen LogP contribution in [-0.4, -0.2) is 58.8 Å². The maximum atomic E-state index is 10.3. The zero-order chi connectivity index (χ0) is 22.7. The van der Waals surface area contributed by atoms with Crippen molar-refractivity contribution in [2.24, 2.45) is 0 Å². The minimum absolute atomic E-state index is 0.264. The third kappa shape index (κ3) is 23.6. The van der Waals surface area contributed by atoms with Crippen LogP contribution < -0.4 is 0 Å². The van der Waals surface area contributed by atoms with E-state index in [2.05, 4.69) is 26.7 Å². The van der Waals surface area contributed by atoms with Gasteiger partial charge in [0.2, 0.25) is 0 Å². The van der Waals surface area contributed by atoms with Crippen LogP contribution in [-0.2, 0) is 14.4 Å². The summed E-state index contributed by atoms with van der Waals surface area (Å²) in [5, 5.41) is 24.9. The van der Waals surface area contributed by atoms with E-state index in [9.17, 15) is 14.4 Å². The third-order valence-electron chi connectivity index (χ3n) is 3.50. The van der Waals surface area contributed by atoms with Crippen LogP contribution in [0.15, 0.2) is 36.5 Å². The summed E-state index contributed by atoms with van der Waals surface area (Å²) in [4.78, 5) is 32.3. The summed E-state index contributed by atoms with van der Waals surface area (Å²) in [6, 6.07) is 0. The average molecular weight is 400 g/mol. The lowest BCUT2D eigenvalue weighted by molar-refractivity contribution is -0.133. The van der Waals surface area contributed by atoms with Gasteiger partial charge < -0.3 is 20.2 Å². The van der Waals surface area contributed by atoms with Crippen LogP contribution in [0.2, 0.25) is 0 Å². The van der Waals surface area contributed by atoms with Gasteiger partial charge in [0.1, 0.15) is 0 Å². The second kappa shape index (κ2) is 19.4. The molecule has 0 aliphatic rings. The van der Waals surface area contributed by atoms with Crippen molar-refractivity contribution in [2.75, 3.05) is 20.6 Å². The standard InChI is InChI=1S/C8H15NO2.C8H14O2.C5H8O2/c1-7(8(10)11)5-4-6-9(2)3;1-3-4-5-6-7(2)8(9)10;1-3-4(2)5(6)7/h1,4-6H2,2-3H3,(H,10,11);2-6H2,1H3,(H,9,10);2-3H2,1H3,(H,6,7). The van der Waals surface area contributed by atoms with Crippen LogP contribution in [0.3, 0.4) is 0 Å². The average Bonchev–Trinajstić information content (AvgIpc) is 2.61. The van der Waals surface area contributed by atoms with Gasteiger partial charge in [-0.25, -0.2) is 14.4 Å². The first-order valence-electron chi connectivity index (χ1n) is 9.28. The Morgan fingerprint density at radius 1 is 0.714 bits per heavy atom. The Morgan fingerprint density at radius 3 is 1.36 bits per heavy atom. The lowest BCUT2D eigenvalue weighted by Gasteiger charge is -2.08. The highest BCUT2D eigenvalue weighted by molar-refractivity contribution is 5.86. The number of aliphatic carboxylic acids is 3. The van der Waals surface area contributed by atoms with Gasteiger partial charge in [0.25, 0.3) is 0 Å². The van der Waals surface area contributed by atoms with E-state index in [4.69, 9.17) is 15.3 Å². The molecule has 0 aliphatic heterocycles. The number of unbranched alkanes of at least 4 members (excludes halogenated alkanes) is 2. The molecule has 0 spiro atoms. The Labute approximate surface area is 169 Å². The number of rotatable bonds is 12. The molecule has 0 unspecified atom stereocenters. The fraction of sp³-hybridized carbons (Fsp3) is 0.571. The molecule has 0 aliphatic carbocycles. The summed E-state index contributed by atoms with van der Waals surface area (Å²) >= 11 is 0. The van der Waals surface area contributed by atoms with Gasteiger partial charge in [-0.1, -0.05) is 46.4 Å². The lowest BCUT2D eigenvalue weighted by Crippen LogP contribution is -2.13. The summed E-state index contributed by atoms with van der Waals surface area (Å²) in [6.45, 7) is 14.9. The van der Waals surface area contributed by atoms with E-state index in [1.54, 1.807) is 6.92 Å². The van der Waals surface area contributed by atoms with Gasteiger partial charge in [0.05, 0.1) is 0 Å². The molecular weight excluding hydrogens is 362 g/mol. The van der Waals surface area contributed by atoms with Crippen molar-refractivity contribution in [3.8, 4) is 0 Å². The topological polar surface area (TPSA) is 115 Å². The quantitative estimate of drug-likeness (QED) is 0.332. The van der Waals surface area contributed by atoms with Crippen LogP contribution in [0.25, 0.3) is 0 Å². The molecule has 0 aromatic carbocycles. The Morgan fingerprint density at radius 2 is 1.11 bits per heavy atom. The predicted octanol–water partition coefficient (Wildman–Crippen LogP) is 4.21. The molecule has 0 aromatic heterocycles. The predicted molar refractivity (Wildman–Crippen MR) is 113 cm³/mol. The molecule has 7 heteroatoms. The summed E-state index contributed by atoms with van der Waals surface area (Å²) in [6.07, 6.45) is 5.74. The molecule has 7 nitrogen and oxygen atoms in total. The van der Waals surface area contributed by atoms with Crippen LogP contribution in [0.5, 0.6) is 0 Å². The first kappa shape index (κ1) is 30.3. The smallest absolute Gasteiger partial charge is 0.330 e. The molecule has 0 aromatic rings. The first-order chi connectivity index (χ1) is 12.9. The van der Waals surface area contributed by atoms with Crippen molar-refractivity contribution in [1.29, 1.82) is 0 Å². The molecule has 162 valence electrons. The Hall–Kier alpha value is -2.41. The lowest BCUT2D eigenvalue weighted by atomic mass is 10.1. The molecule has 28 heavy (non-hydrogen) atoms.